The fourth-order valence-corrected chi connectivity index (χ4v) is 3.98. The van der Waals surface area contributed by atoms with Crippen molar-refractivity contribution in [2.75, 3.05) is 11.9 Å². The minimum atomic E-state index is -0.0530. The molecule has 1 amide bonds. The first-order chi connectivity index (χ1) is 16.6. The molecule has 0 bridgehead atoms. The number of hydrogen-bond acceptors (Lipinski definition) is 7. The van der Waals surface area contributed by atoms with Gasteiger partial charge in [-0.2, -0.15) is 0 Å². The van der Waals surface area contributed by atoms with E-state index in [1.165, 1.54) is 0 Å². The Morgan fingerprint density at radius 1 is 1.26 bits per heavy atom. The molecule has 10 nitrogen and oxygen atoms in total. The molecule has 4 heterocycles. The summed E-state index contributed by atoms with van der Waals surface area (Å²) in [6.07, 6.45) is 8.06. The largest absolute Gasteiger partial charge is 0.351 e. The summed E-state index contributed by atoms with van der Waals surface area (Å²) in [5.41, 5.74) is 3.83. The average molecular weight is 456 g/mol. The standard InChI is InChI=1S/C24H25N9O/c1-3-5-19(25-4-2)20-8-9-26-24(30-20)28-17-6-7-18-16(12-17)13-21(29-18)23(34)32-10-11-33-15-27-31-22(33)14-32/h4-9,12-13,15,29H,3,10-11,14H2,1-2H3,(H,26,28,30)/b19-5-,25-4?. The van der Waals surface area contributed by atoms with Crippen molar-refractivity contribution in [2.45, 2.75) is 33.4 Å². The summed E-state index contributed by atoms with van der Waals surface area (Å²) in [5, 5.41) is 12.2. The van der Waals surface area contributed by atoms with Crippen LogP contribution in [0.1, 0.15) is 42.3 Å². The third kappa shape index (κ3) is 4.29. The smallest absolute Gasteiger partial charge is 0.270 e. The maximum atomic E-state index is 13.1. The van der Waals surface area contributed by atoms with E-state index in [0.29, 0.717) is 31.3 Å². The van der Waals surface area contributed by atoms with E-state index < -0.39 is 0 Å². The molecule has 1 aromatic carbocycles. The predicted octanol–water partition coefficient (Wildman–Crippen LogP) is 3.79. The van der Waals surface area contributed by atoms with Crippen LogP contribution in [0.3, 0.4) is 0 Å². The molecule has 172 valence electrons. The van der Waals surface area contributed by atoms with Gasteiger partial charge in [0.15, 0.2) is 5.82 Å². The SMILES string of the molecule is CC=N/C(=C\CC)c1ccnc(Nc2ccc3[nH]c(C(=O)N4CCn5cnnc5C4)cc3c2)n1. The van der Waals surface area contributed by atoms with Crippen LogP contribution in [0.4, 0.5) is 11.6 Å². The number of anilines is 2. The first kappa shape index (κ1) is 21.5. The van der Waals surface area contributed by atoms with Gasteiger partial charge in [-0.05, 0) is 43.7 Å². The van der Waals surface area contributed by atoms with E-state index >= 15 is 0 Å². The van der Waals surface area contributed by atoms with Gasteiger partial charge in [-0.3, -0.25) is 9.79 Å². The van der Waals surface area contributed by atoms with Gasteiger partial charge >= 0.3 is 0 Å². The van der Waals surface area contributed by atoms with Crippen LogP contribution in [0, 0.1) is 0 Å². The fraction of sp³-hybridized carbons (Fsp3) is 0.250. The van der Waals surface area contributed by atoms with E-state index in [2.05, 4.69) is 42.4 Å². The molecule has 0 atom stereocenters. The Hall–Kier alpha value is -4.34. The molecule has 3 aromatic heterocycles. The van der Waals surface area contributed by atoms with E-state index in [9.17, 15) is 4.79 Å². The molecule has 5 rings (SSSR count). The van der Waals surface area contributed by atoms with Crippen LogP contribution in [-0.2, 0) is 13.1 Å². The van der Waals surface area contributed by atoms with Crippen LogP contribution < -0.4 is 5.32 Å². The highest BCUT2D eigenvalue weighted by atomic mass is 16.2. The molecule has 0 fully saturated rings. The lowest BCUT2D eigenvalue weighted by molar-refractivity contribution is 0.0702. The summed E-state index contributed by atoms with van der Waals surface area (Å²) in [4.78, 5) is 31.5. The highest BCUT2D eigenvalue weighted by Gasteiger charge is 2.24. The number of H-pyrrole nitrogens is 1. The second-order valence-electron chi connectivity index (χ2n) is 7.93. The van der Waals surface area contributed by atoms with Gasteiger partial charge in [0.1, 0.15) is 12.0 Å². The second kappa shape index (κ2) is 9.26. The molecule has 1 aliphatic heterocycles. The van der Waals surface area contributed by atoms with Gasteiger partial charge in [-0.1, -0.05) is 13.0 Å². The summed E-state index contributed by atoms with van der Waals surface area (Å²) in [6, 6.07) is 9.56. The lowest BCUT2D eigenvalue weighted by Crippen LogP contribution is -2.38. The number of aliphatic imine (C=N–C) groups is 1. The van der Waals surface area contributed by atoms with Crippen LogP contribution >= 0.6 is 0 Å². The second-order valence-corrected chi connectivity index (χ2v) is 7.93. The number of nitrogens with one attached hydrogen (secondary N) is 2. The number of carbonyl (C=O) groups is 1. The summed E-state index contributed by atoms with van der Waals surface area (Å²) >= 11 is 0. The molecule has 34 heavy (non-hydrogen) atoms. The molecule has 0 aliphatic carbocycles. The van der Waals surface area contributed by atoms with Crippen LogP contribution in [0.15, 0.2) is 53.9 Å². The molecule has 0 spiro atoms. The average Bonchev–Trinajstić information content (AvgIpc) is 3.50. The van der Waals surface area contributed by atoms with Crippen LogP contribution in [0.25, 0.3) is 16.6 Å². The van der Waals surface area contributed by atoms with Crippen LogP contribution in [0.5, 0.6) is 0 Å². The van der Waals surface area contributed by atoms with Crippen molar-refractivity contribution in [3.8, 4) is 0 Å². The van der Waals surface area contributed by atoms with Crippen molar-refractivity contribution >= 4 is 40.4 Å². The van der Waals surface area contributed by atoms with Gasteiger partial charge in [0.2, 0.25) is 5.95 Å². The summed E-state index contributed by atoms with van der Waals surface area (Å²) in [6.45, 7) is 5.71. The lowest BCUT2D eigenvalue weighted by Gasteiger charge is -2.26. The number of benzene rings is 1. The van der Waals surface area contributed by atoms with Gasteiger partial charge in [-0.15, -0.1) is 10.2 Å². The summed E-state index contributed by atoms with van der Waals surface area (Å²) in [5.74, 6) is 1.23. The van der Waals surface area contributed by atoms with Crippen LogP contribution in [0.2, 0.25) is 0 Å². The number of rotatable bonds is 6. The summed E-state index contributed by atoms with van der Waals surface area (Å²) in [7, 11) is 0. The Labute approximate surface area is 196 Å². The topological polar surface area (TPSA) is 117 Å². The third-order valence-corrected chi connectivity index (χ3v) is 5.62. The number of aromatic amines is 1. The van der Waals surface area contributed by atoms with Gasteiger partial charge in [-0.25, -0.2) is 9.97 Å². The molecule has 4 aromatic rings. The monoisotopic (exact) mass is 455 g/mol. The lowest BCUT2D eigenvalue weighted by atomic mass is 10.2. The highest BCUT2D eigenvalue weighted by molar-refractivity contribution is 5.98. The van der Waals surface area contributed by atoms with E-state index in [1.807, 2.05) is 47.9 Å². The number of carbonyl (C=O) groups excluding carboxylic acids is 1. The fourth-order valence-electron chi connectivity index (χ4n) is 3.98. The van der Waals surface area contributed by atoms with Gasteiger partial charge in [0.25, 0.3) is 5.91 Å². The molecule has 2 N–H and O–H groups in total. The molecule has 1 aliphatic rings. The summed E-state index contributed by atoms with van der Waals surface area (Å²) < 4.78 is 1.97. The third-order valence-electron chi connectivity index (χ3n) is 5.62. The zero-order valence-corrected chi connectivity index (χ0v) is 19.1. The number of allylic oxidation sites excluding steroid dienone is 1. The zero-order chi connectivity index (χ0) is 23.5. The first-order valence-electron chi connectivity index (χ1n) is 11.2. The molecule has 0 radical (unpaired) electrons. The molecular weight excluding hydrogens is 430 g/mol. The van der Waals surface area contributed by atoms with Crippen molar-refractivity contribution in [3.63, 3.8) is 0 Å². The minimum absolute atomic E-state index is 0.0530. The number of nitrogens with zero attached hydrogens (tertiary/aromatic N) is 7. The Morgan fingerprint density at radius 3 is 3.03 bits per heavy atom. The van der Waals surface area contributed by atoms with Crippen molar-refractivity contribution in [1.82, 2.24) is 34.6 Å². The Bertz CT molecular complexity index is 1400. The Kier molecular flexibility index (Phi) is 5.86. The van der Waals surface area contributed by atoms with Crippen molar-refractivity contribution in [3.05, 3.63) is 66.1 Å². The van der Waals surface area contributed by atoms with E-state index in [-0.39, 0.29) is 5.91 Å². The van der Waals surface area contributed by atoms with Crippen molar-refractivity contribution < 1.29 is 4.79 Å². The highest BCUT2D eigenvalue weighted by Crippen LogP contribution is 2.24. The van der Waals surface area contributed by atoms with Gasteiger partial charge < -0.3 is 19.8 Å². The molecular formula is C24H25N9O. The maximum absolute atomic E-state index is 13.1. The Balaban J connectivity index is 1.35. The van der Waals surface area contributed by atoms with Gasteiger partial charge in [0.05, 0.1) is 17.9 Å². The van der Waals surface area contributed by atoms with E-state index in [0.717, 1.165) is 40.2 Å². The van der Waals surface area contributed by atoms with Crippen LogP contribution in [-0.4, -0.2) is 53.3 Å². The molecule has 10 heteroatoms. The molecule has 0 saturated carbocycles. The van der Waals surface area contributed by atoms with Gasteiger partial charge in [0, 0.05) is 42.1 Å². The number of fused-ring (bicyclic) bond motifs is 2. The molecule has 0 unspecified atom stereocenters. The Morgan fingerprint density at radius 2 is 2.18 bits per heavy atom. The van der Waals surface area contributed by atoms with E-state index in [1.54, 1.807) is 23.6 Å². The predicted molar refractivity (Wildman–Crippen MR) is 131 cm³/mol. The van der Waals surface area contributed by atoms with E-state index in [4.69, 9.17) is 0 Å². The zero-order valence-electron chi connectivity index (χ0n) is 19.1. The van der Waals surface area contributed by atoms with Crippen molar-refractivity contribution in [1.29, 1.82) is 0 Å². The maximum Gasteiger partial charge on any atom is 0.270 e. The molecule has 0 saturated heterocycles. The number of aromatic nitrogens is 6. The quantitative estimate of drug-likeness (QED) is 0.427. The van der Waals surface area contributed by atoms with Crippen molar-refractivity contribution in [2.24, 2.45) is 4.99 Å². The number of amides is 1. The minimum Gasteiger partial charge on any atom is -0.351 e. The first-order valence-corrected chi connectivity index (χ1v) is 11.2. The normalized spacial score (nSPS) is 14.1. The number of hydrogen-bond donors (Lipinski definition) is 2.